The van der Waals surface area contributed by atoms with Gasteiger partial charge in [0.25, 0.3) is 0 Å². The lowest BCUT2D eigenvalue weighted by Gasteiger charge is -2.22. The van der Waals surface area contributed by atoms with Crippen molar-refractivity contribution in [1.82, 2.24) is 0 Å². The summed E-state index contributed by atoms with van der Waals surface area (Å²) < 4.78 is 111. The molecule has 0 aliphatic carbocycles. The molecule has 104 heavy (non-hydrogen) atoms. The summed E-state index contributed by atoms with van der Waals surface area (Å²) in [5.74, 6) is 16.9. The van der Waals surface area contributed by atoms with Gasteiger partial charge in [-0.25, -0.2) is 0 Å². The van der Waals surface area contributed by atoms with E-state index in [2.05, 4.69) is 0 Å². The number of hydrogen-bond donors (Lipinski definition) is 0. The third-order valence-electron chi connectivity index (χ3n) is 18.0. The second-order valence-corrected chi connectivity index (χ2v) is 32.1. The van der Waals surface area contributed by atoms with Gasteiger partial charge in [0.2, 0.25) is 0 Å². The minimum Gasteiger partial charge on any atom is -0.449 e. The van der Waals surface area contributed by atoms with Gasteiger partial charge < -0.3 is 75.8 Å². The summed E-state index contributed by atoms with van der Waals surface area (Å²) in [7, 11) is 0. The van der Waals surface area contributed by atoms with E-state index in [0.717, 1.165) is 29.3 Å². The van der Waals surface area contributed by atoms with Crippen molar-refractivity contribution in [1.29, 1.82) is 0 Å². The number of para-hydroxylation sites is 16. The Balaban J connectivity index is 0.707. The molecular formula is C80H34O16S8. The molecule has 0 atom stereocenters. The highest BCUT2D eigenvalue weighted by Gasteiger charge is 2.45. The molecule has 8 aromatic heterocycles. The van der Waals surface area contributed by atoms with Gasteiger partial charge in [0.05, 0.1) is 68.3 Å². The molecule has 0 amide bonds. The highest BCUT2D eigenvalue weighted by atomic mass is 32.1. The van der Waals surface area contributed by atoms with Gasteiger partial charge >= 0.3 is 0 Å². The largest absolute Gasteiger partial charge is 0.449 e. The predicted octanol–water partition coefficient (Wildman–Crippen LogP) is 29.0. The van der Waals surface area contributed by atoms with Crippen LogP contribution in [0.25, 0.3) is 68.3 Å². The van der Waals surface area contributed by atoms with E-state index in [1.54, 1.807) is 0 Å². The molecule has 8 aliphatic heterocycles. The van der Waals surface area contributed by atoms with E-state index in [1.165, 1.54) is 90.7 Å². The molecule has 8 aromatic carbocycles. The number of rotatable bonds is 7. The molecule has 16 nitrogen and oxygen atoms in total. The topological polar surface area (TPSA) is 148 Å². The first-order chi connectivity index (χ1) is 51.5. The fraction of sp³-hybridized carbons (Fsp3) is 0. The smallest absolute Gasteiger partial charge is 0.190 e. The molecule has 0 unspecified atom stereocenters. The minimum absolute atomic E-state index is 0.448. The molecule has 0 saturated carbocycles. The Morgan fingerprint density at radius 3 is 0.404 bits per heavy atom. The van der Waals surface area contributed by atoms with Gasteiger partial charge in [0.15, 0.2) is 184 Å². The predicted molar refractivity (Wildman–Crippen MR) is 400 cm³/mol. The van der Waals surface area contributed by atoms with Crippen molar-refractivity contribution in [3.05, 3.63) is 205 Å². The Bertz CT molecular complexity index is 6070. The lowest BCUT2D eigenvalue weighted by atomic mass is 10.2. The first kappa shape index (κ1) is 57.7. The summed E-state index contributed by atoms with van der Waals surface area (Å²) in [5.41, 5.74) is 0. The summed E-state index contributed by atoms with van der Waals surface area (Å²) in [6.07, 6.45) is 0. The highest BCUT2D eigenvalue weighted by Crippen LogP contribution is 2.75. The van der Waals surface area contributed by atoms with E-state index in [4.69, 9.17) is 75.8 Å². The maximum Gasteiger partial charge on any atom is 0.190 e. The molecular weight excluding hydrogens is 1470 g/mol. The highest BCUT2D eigenvalue weighted by molar-refractivity contribution is 7.33. The van der Waals surface area contributed by atoms with E-state index in [0.29, 0.717) is 223 Å². The molecule has 16 heterocycles. The Hall–Kier alpha value is -11.8. The van der Waals surface area contributed by atoms with Crippen LogP contribution in [0.15, 0.2) is 205 Å². The van der Waals surface area contributed by atoms with Crippen molar-refractivity contribution in [2.75, 3.05) is 0 Å². The molecule has 0 N–H and O–H groups in total. The number of benzene rings is 8. The lowest BCUT2D eigenvalue weighted by molar-refractivity contribution is 0.358. The fourth-order valence-corrected chi connectivity index (χ4v) is 23.0. The van der Waals surface area contributed by atoms with Gasteiger partial charge in [-0.3, -0.25) is 0 Å². The van der Waals surface area contributed by atoms with Gasteiger partial charge in [0, 0.05) is 10.8 Å². The summed E-state index contributed by atoms with van der Waals surface area (Å²) in [6, 6.07) is 61.1. The van der Waals surface area contributed by atoms with Crippen molar-refractivity contribution in [3.8, 4) is 252 Å². The standard InChI is InChI=1S/C80H34O16S8/c1-3-19-37-35(17-1)81-51-33-97-67(53(51)83-37)69-55-57(87-41-23-7-5-21-39(41)85-55)71(99-69)73-59-61(91-45-27-11-9-25-43(45)89-59)75(101-73)77-63-65(95-49-31-15-13-29-47(49)93-63)79(103-77)80-66-64(94-48-30-14-16-32-50(48)96-66)78(104-80)76-62-60(90-44-26-10-12-28-46(44)92-62)74(102-76)72-58-56(86-40-22-6-8-24-42(40)88-58)70(100-72)68-54-52(34-98-68)82-36-18-2-4-20-38(36)84-54/h1-34H. The van der Waals surface area contributed by atoms with Crippen molar-refractivity contribution >= 4 is 90.7 Å². The quantitative estimate of drug-likeness (QED) is 0.149. The van der Waals surface area contributed by atoms with Crippen molar-refractivity contribution in [3.63, 3.8) is 0 Å². The number of thiophene rings is 8. The maximum absolute atomic E-state index is 7.20. The lowest BCUT2D eigenvalue weighted by Crippen LogP contribution is -2.00. The van der Waals surface area contributed by atoms with Crippen LogP contribution in [0.2, 0.25) is 0 Å². The second kappa shape index (κ2) is 21.8. The summed E-state index contributed by atoms with van der Waals surface area (Å²) in [5, 5.41) is 3.91. The Morgan fingerprint density at radius 1 is 0.125 bits per heavy atom. The van der Waals surface area contributed by atoms with Crippen LogP contribution in [-0.4, -0.2) is 0 Å². The minimum atomic E-state index is 0.448. The Kier molecular flexibility index (Phi) is 12.1. The van der Waals surface area contributed by atoms with Gasteiger partial charge in [0.1, 0.15) is 0 Å². The molecule has 24 rings (SSSR count). The van der Waals surface area contributed by atoms with E-state index in [1.807, 2.05) is 205 Å². The van der Waals surface area contributed by atoms with Crippen molar-refractivity contribution in [2.24, 2.45) is 0 Å². The van der Waals surface area contributed by atoms with Gasteiger partial charge in [-0.1, -0.05) is 97.1 Å². The summed E-state index contributed by atoms with van der Waals surface area (Å²) >= 11 is 11.9. The molecule has 0 saturated heterocycles. The molecule has 0 radical (unpaired) electrons. The van der Waals surface area contributed by atoms with E-state index in [9.17, 15) is 0 Å². The Morgan fingerprint density at radius 2 is 0.250 bits per heavy atom. The van der Waals surface area contributed by atoms with Gasteiger partial charge in [-0.15, -0.1) is 90.7 Å². The zero-order valence-electron chi connectivity index (χ0n) is 52.4. The number of ether oxygens (including phenoxy) is 16. The van der Waals surface area contributed by atoms with Crippen LogP contribution in [-0.2, 0) is 0 Å². The monoisotopic (exact) mass is 1510 g/mol. The fourth-order valence-electron chi connectivity index (χ4n) is 13.3. The molecule has 498 valence electrons. The van der Waals surface area contributed by atoms with Crippen LogP contribution in [0.5, 0.6) is 184 Å². The van der Waals surface area contributed by atoms with Gasteiger partial charge in [-0.2, -0.15) is 0 Å². The molecule has 0 fully saturated rings. The maximum atomic E-state index is 7.20. The molecule has 8 aliphatic rings. The molecule has 16 aromatic rings. The summed E-state index contributed by atoms with van der Waals surface area (Å²) in [6.45, 7) is 0. The average molecular weight is 1510 g/mol. The van der Waals surface area contributed by atoms with Crippen molar-refractivity contribution < 1.29 is 75.8 Å². The zero-order chi connectivity index (χ0) is 67.6. The molecule has 24 heteroatoms. The Labute approximate surface area is 618 Å². The van der Waals surface area contributed by atoms with E-state index >= 15 is 0 Å². The van der Waals surface area contributed by atoms with Gasteiger partial charge in [-0.05, 0) is 97.1 Å². The van der Waals surface area contributed by atoms with Crippen LogP contribution in [0.3, 0.4) is 0 Å². The number of hydrogen-bond acceptors (Lipinski definition) is 24. The van der Waals surface area contributed by atoms with Crippen LogP contribution >= 0.6 is 90.7 Å². The molecule has 0 spiro atoms. The SMILES string of the molecule is c1ccc2c(c1)Oc1csc(-c3sc(-c4sc(-c5sc(-c6sc(-c7sc(-c8sc(-c9scc%10c9Oc9ccccc9O%10)c9c8Oc8ccccc8O9)c8c7Oc7ccccc7O8)c7c6Oc6ccccc6O7)c6c5Oc5ccccc5O6)c5c4Oc4ccccc4O5)c4c3Oc3ccccc3O4)c1O2. The van der Waals surface area contributed by atoms with Crippen molar-refractivity contribution in [2.45, 2.75) is 0 Å². The van der Waals surface area contributed by atoms with E-state index < -0.39 is 0 Å². The van der Waals surface area contributed by atoms with Crippen LogP contribution in [0.4, 0.5) is 0 Å². The summed E-state index contributed by atoms with van der Waals surface area (Å²) in [4.78, 5) is 10.1. The average Bonchev–Trinajstić information content (AvgIpc) is 1.56. The van der Waals surface area contributed by atoms with Crippen LogP contribution < -0.4 is 75.8 Å². The zero-order valence-corrected chi connectivity index (χ0v) is 59.0. The van der Waals surface area contributed by atoms with Crippen LogP contribution in [0, 0.1) is 0 Å². The molecule has 0 bridgehead atoms. The van der Waals surface area contributed by atoms with E-state index in [-0.39, 0.29) is 0 Å². The van der Waals surface area contributed by atoms with Crippen LogP contribution in [0.1, 0.15) is 0 Å². The second-order valence-electron chi connectivity index (χ2n) is 24.2. The number of fused-ring (bicyclic) bond motifs is 16. The third kappa shape index (κ3) is 8.51. The normalized spacial score (nSPS) is 13.7. The first-order valence-electron chi connectivity index (χ1n) is 32.3. The first-order valence-corrected chi connectivity index (χ1v) is 39.0. The third-order valence-corrected chi connectivity index (χ3v) is 28.0.